The summed E-state index contributed by atoms with van der Waals surface area (Å²) in [6.45, 7) is 0. The molecule has 26 heavy (non-hydrogen) atoms. The van der Waals surface area contributed by atoms with Crippen LogP contribution in [0.5, 0.6) is 5.75 Å². The monoisotopic (exact) mass is 454 g/mol. The van der Waals surface area contributed by atoms with Crippen molar-refractivity contribution in [3.05, 3.63) is 57.9 Å². The molecule has 0 unspecified atom stereocenters. The maximum Gasteiger partial charge on any atom is 0.339 e. The molecule has 0 aliphatic carbocycles. The maximum absolute atomic E-state index is 12.5. The molecule has 0 fully saturated rings. The Balaban J connectivity index is 1.88. The molecule has 0 bridgehead atoms. The Morgan fingerprint density at radius 3 is 2.50 bits per heavy atom. The molecule has 134 valence electrons. The van der Waals surface area contributed by atoms with E-state index in [1.807, 2.05) is 24.3 Å². The minimum atomic E-state index is -4.05. The number of carboxylic acid groups (broad SMARTS) is 1. The molecule has 0 saturated heterocycles. The Morgan fingerprint density at radius 2 is 1.85 bits per heavy atom. The van der Waals surface area contributed by atoms with Gasteiger partial charge in [0, 0.05) is 15.4 Å². The summed E-state index contributed by atoms with van der Waals surface area (Å²) >= 11 is 4.45. The van der Waals surface area contributed by atoms with Crippen LogP contribution < -0.4 is 4.72 Å². The van der Waals surface area contributed by atoms with E-state index in [1.165, 1.54) is 0 Å². The van der Waals surface area contributed by atoms with Crippen molar-refractivity contribution in [2.24, 2.45) is 0 Å². The van der Waals surface area contributed by atoms with Gasteiger partial charge >= 0.3 is 5.97 Å². The molecule has 2 aromatic carbocycles. The van der Waals surface area contributed by atoms with Gasteiger partial charge in [0.05, 0.1) is 10.6 Å². The second-order valence-electron chi connectivity index (χ2n) is 5.13. The molecule has 0 aliphatic rings. The number of phenols is 1. The number of aromatic carboxylic acids is 1. The highest BCUT2D eigenvalue weighted by molar-refractivity contribution is 9.10. The predicted octanol–water partition coefficient (Wildman–Crippen LogP) is 3.78. The number of halogens is 1. The number of nitrogens with one attached hydrogen (secondary N) is 1. The maximum atomic E-state index is 12.5. The molecule has 10 heteroatoms. The van der Waals surface area contributed by atoms with Crippen LogP contribution in [0.15, 0.2) is 57.2 Å². The van der Waals surface area contributed by atoms with Crippen LogP contribution in [0.2, 0.25) is 0 Å². The third kappa shape index (κ3) is 3.87. The standard InChI is InChI=1S/C16H11BrN2O5S2/c17-10-3-1-9(2-4-10)13-8-25-16(18-13)19-26(23,24)11-5-6-14(20)12(7-11)15(21)22/h1-8,20H,(H,18,19)(H,21,22). The largest absolute Gasteiger partial charge is 0.507 e. The van der Waals surface area contributed by atoms with Crippen molar-refractivity contribution >= 4 is 48.4 Å². The van der Waals surface area contributed by atoms with Crippen molar-refractivity contribution in [3.63, 3.8) is 0 Å². The number of carbonyl (C=O) groups is 1. The number of sulfonamides is 1. The first-order valence-corrected chi connectivity index (χ1v) is 10.2. The molecule has 0 saturated carbocycles. The van der Waals surface area contributed by atoms with Gasteiger partial charge in [0.15, 0.2) is 5.13 Å². The summed E-state index contributed by atoms with van der Waals surface area (Å²) in [4.78, 5) is 15.0. The first-order chi connectivity index (χ1) is 12.3. The van der Waals surface area contributed by atoms with Gasteiger partial charge < -0.3 is 10.2 Å². The van der Waals surface area contributed by atoms with Crippen LogP contribution in [-0.2, 0) is 10.0 Å². The van der Waals surface area contributed by atoms with Gasteiger partial charge in [-0.05, 0) is 30.3 Å². The lowest BCUT2D eigenvalue weighted by Crippen LogP contribution is -2.13. The molecular formula is C16H11BrN2O5S2. The highest BCUT2D eigenvalue weighted by Crippen LogP contribution is 2.28. The lowest BCUT2D eigenvalue weighted by atomic mass is 10.2. The summed E-state index contributed by atoms with van der Waals surface area (Å²) in [5, 5.41) is 20.4. The van der Waals surface area contributed by atoms with Crippen LogP contribution in [0.1, 0.15) is 10.4 Å². The highest BCUT2D eigenvalue weighted by Gasteiger charge is 2.20. The number of thiazole rings is 1. The average molecular weight is 455 g/mol. The minimum absolute atomic E-state index is 0.146. The number of rotatable bonds is 5. The summed E-state index contributed by atoms with van der Waals surface area (Å²) in [5.74, 6) is -1.94. The first-order valence-electron chi connectivity index (χ1n) is 7.07. The zero-order valence-corrected chi connectivity index (χ0v) is 16.1. The fourth-order valence-electron chi connectivity index (χ4n) is 2.10. The van der Waals surface area contributed by atoms with Gasteiger partial charge in [-0.1, -0.05) is 28.1 Å². The topological polar surface area (TPSA) is 117 Å². The Morgan fingerprint density at radius 1 is 1.15 bits per heavy atom. The van der Waals surface area contributed by atoms with Gasteiger partial charge in [-0.15, -0.1) is 11.3 Å². The fraction of sp³-hybridized carbons (Fsp3) is 0. The summed E-state index contributed by atoms with van der Waals surface area (Å²) in [7, 11) is -4.05. The average Bonchev–Trinajstić information content (AvgIpc) is 3.03. The number of hydrogen-bond donors (Lipinski definition) is 3. The molecule has 7 nitrogen and oxygen atoms in total. The van der Waals surface area contributed by atoms with E-state index in [0.29, 0.717) is 5.69 Å². The number of aromatic nitrogens is 1. The normalized spacial score (nSPS) is 11.3. The van der Waals surface area contributed by atoms with Crippen molar-refractivity contribution in [3.8, 4) is 17.0 Å². The molecule has 1 heterocycles. The SMILES string of the molecule is O=C(O)c1cc(S(=O)(=O)Nc2nc(-c3ccc(Br)cc3)cs2)ccc1O. The van der Waals surface area contributed by atoms with E-state index < -0.39 is 27.3 Å². The zero-order chi connectivity index (χ0) is 18.9. The van der Waals surface area contributed by atoms with Crippen molar-refractivity contribution in [2.45, 2.75) is 4.90 Å². The van der Waals surface area contributed by atoms with Gasteiger partial charge in [-0.3, -0.25) is 4.72 Å². The third-order valence-electron chi connectivity index (χ3n) is 3.37. The number of carboxylic acids is 1. The number of aromatic hydroxyl groups is 1. The predicted molar refractivity (Wildman–Crippen MR) is 101 cm³/mol. The number of anilines is 1. The van der Waals surface area contributed by atoms with Crippen LogP contribution in [-0.4, -0.2) is 29.6 Å². The highest BCUT2D eigenvalue weighted by atomic mass is 79.9. The molecule has 3 rings (SSSR count). The van der Waals surface area contributed by atoms with Gasteiger partial charge in [-0.25, -0.2) is 18.2 Å². The Hall–Kier alpha value is -2.43. The van der Waals surface area contributed by atoms with Crippen LogP contribution >= 0.6 is 27.3 Å². The van der Waals surface area contributed by atoms with Crippen LogP contribution in [0, 0.1) is 0 Å². The molecule has 0 amide bonds. The molecule has 0 aliphatic heterocycles. The molecule has 0 atom stereocenters. The van der Waals surface area contributed by atoms with E-state index >= 15 is 0 Å². The lowest BCUT2D eigenvalue weighted by Gasteiger charge is -2.07. The summed E-state index contributed by atoms with van der Waals surface area (Å²) in [5.41, 5.74) is 0.937. The Labute approximate surface area is 161 Å². The Bertz CT molecular complexity index is 1080. The zero-order valence-electron chi connectivity index (χ0n) is 12.9. The van der Waals surface area contributed by atoms with Crippen LogP contribution in [0.25, 0.3) is 11.3 Å². The second-order valence-corrected chi connectivity index (χ2v) is 8.59. The van der Waals surface area contributed by atoms with Crippen molar-refractivity contribution < 1.29 is 23.4 Å². The molecule has 3 aromatic rings. The summed E-state index contributed by atoms with van der Waals surface area (Å²) < 4.78 is 28.1. The minimum Gasteiger partial charge on any atom is -0.507 e. The molecule has 0 radical (unpaired) electrons. The van der Waals surface area contributed by atoms with Gasteiger partial charge in [0.1, 0.15) is 11.3 Å². The molecular weight excluding hydrogens is 444 g/mol. The number of hydrogen-bond acceptors (Lipinski definition) is 6. The number of benzene rings is 2. The van der Waals surface area contributed by atoms with E-state index in [9.17, 15) is 18.3 Å². The molecule has 0 spiro atoms. The molecule has 3 N–H and O–H groups in total. The number of nitrogens with zero attached hydrogens (tertiary/aromatic N) is 1. The lowest BCUT2D eigenvalue weighted by molar-refractivity contribution is 0.0693. The van der Waals surface area contributed by atoms with Gasteiger partial charge in [0.2, 0.25) is 0 Å². The van der Waals surface area contributed by atoms with Crippen LogP contribution in [0.3, 0.4) is 0 Å². The smallest absolute Gasteiger partial charge is 0.339 e. The van der Waals surface area contributed by atoms with Gasteiger partial charge in [-0.2, -0.15) is 0 Å². The first kappa shape index (κ1) is 18.4. The second kappa shape index (κ2) is 7.06. The van der Waals surface area contributed by atoms with Gasteiger partial charge in [0.25, 0.3) is 10.0 Å². The van der Waals surface area contributed by atoms with E-state index in [2.05, 4.69) is 25.6 Å². The van der Waals surface area contributed by atoms with E-state index in [-0.39, 0.29) is 10.0 Å². The van der Waals surface area contributed by atoms with E-state index in [1.54, 1.807) is 5.38 Å². The fourth-order valence-corrected chi connectivity index (χ4v) is 4.36. The van der Waals surface area contributed by atoms with Crippen molar-refractivity contribution in [2.75, 3.05) is 4.72 Å². The quantitative estimate of drug-likeness (QED) is 0.539. The molecule has 1 aromatic heterocycles. The summed E-state index contributed by atoms with van der Waals surface area (Å²) in [6, 6.07) is 10.4. The third-order valence-corrected chi connectivity index (χ3v) is 6.13. The van der Waals surface area contributed by atoms with Crippen LogP contribution in [0.4, 0.5) is 5.13 Å². The van der Waals surface area contributed by atoms with E-state index in [0.717, 1.165) is 39.6 Å². The van der Waals surface area contributed by atoms with E-state index in [4.69, 9.17) is 5.11 Å². The Kier molecular flexibility index (Phi) is 4.99. The van der Waals surface area contributed by atoms with Crippen molar-refractivity contribution in [1.82, 2.24) is 4.98 Å². The summed E-state index contributed by atoms with van der Waals surface area (Å²) in [6.07, 6.45) is 0. The van der Waals surface area contributed by atoms with Crippen molar-refractivity contribution in [1.29, 1.82) is 0 Å².